The van der Waals surface area contributed by atoms with Crippen LogP contribution in [0.15, 0.2) is 29.2 Å². The first-order valence-corrected chi connectivity index (χ1v) is 8.14. The lowest BCUT2D eigenvalue weighted by Crippen LogP contribution is -2.45. The van der Waals surface area contributed by atoms with Crippen molar-refractivity contribution < 1.29 is 0 Å². The molecular weight excluding hydrogens is 262 g/mol. The van der Waals surface area contributed by atoms with Crippen LogP contribution in [0.5, 0.6) is 0 Å². The quantitative estimate of drug-likeness (QED) is 0.789. The Morgan fingerprint density at radius 2 is 2.22 bits per heavy atom. The van der Waals surface area contributed by atoms with Crippen LogP contribution in [0.25, 0.3) is 0 Å². The van der Waals surface area contributed by atoms with Gasteiger partial charge in [-0.3, -0.25) is 0 Å². The summed E-state index contributed by atoms with van der Waals surface area (Å²) in [5, 5.41) is 4.39. The number of alkyl halides is 1. The summed E-state index contributed by atoms with van der Waals surface area (Å²) in [5.74, 6) is 0.732. The maximum atomic E-state index is 5.89. The largest absolute Gasteiger partial charge is 0.310 e. The molecule has 0 bridgehead atoms. The Morgan fingerprint density at radius 1 is 1.44 bits per heavy atom. The van der Waals surface area contributed by atoms with Gasteiger partial charge in [-0.2, -0.15) is 0 Å². The van der Waals surface area contributed by atoms with E-state index in [-0.39, 0.29) is 5.54 Å². The van der Waals surface area contributed by atoms with E-state index in [1.807, 2.05) is 11.8 Å². The van der Waals surface area contributed by atoms with Gasteiger partial charge >= 0.3 is 0 Å². The average molecular weight is 284 g/mol. The maximum Gasteiger partial charge on any atom is 0.0260 e. The van der Waals surface area contributed by atoms with Crippen LogP contribution < -0.4 is 5.32 Å². The topological polar surface area (TPSA) is 12.0 Å². The summed E-state index contributed by atoms with van der Waals surface area (Å²) in [6.07, 6.45) is 3.36. The van der Waals surface area contributed by atoms with Crippen LogP contribution in [0.3, 0.4) is 0 Å². The minimum Gasteiger partial charge on any atom is -0.310 e. The smallest absolute Gasteiger partial charge is 0.0260 e. The van der Waals surface area contributed by atoms with Crippen molar-refractivity contribution in [1.29, 1.82) is 0 Å². The molecule has 0 radical (unpaired) electrons. The van der Waals surface area contributed by atoms with Gasteiger partial charge in [0.15, 0.2) is 0 Å². The minimum atomic E-state index is 0.192. The maximum absolute atomic E-state index is 5.89. The highest BCUT2D eigenvalue weighted by molar-refractivity contribution is 8.00. The molecule has 2 unspecified atom stereocenters. The summed E-state index contributed by atoms with van der Waals surface area (Å²) in [6.45, 7) is 5.58. The van der Waals surface area contributed by atoms with Crippen molar-refractivity contribution in [2.24, 2.45) is 0 Å². The van der Waals surface area contributed by atoms with Gasteiger partial charge in [0.05, 0.1) is 0 Å². The molecule has 0 fully saturated rings. The van der Waals surface area contributed by atoms with Crippen LogP contribution >= 0.6 is 23.4 Å². The summed E-state index contributed by atoms with van der Waals surface area (Å²) in [5.41, 5.74) is 1.70. The van der Waals surface area contributed by atoms with Gasteiger partial charge in [-0.25, -0.2) is 0 Å². The summed E-state index contributed by atoms with van der Waals surface area (Å²) in [4.78, 5) is 1.46. The molecule has 1 aliphatic rings. The lowest BCUT2D eigenvalue weighted by atomic mass is 9.95. The zero-order chi connectivity index (χ0) is 13.0. The lowest BCUT2D eigenvalue weighted by molar-refractivity contribution is 0.334. The molecule has 18 heavy (non-hydrogen) atoms. The number of halogens is 1. The first-order valence-electron chi connectivity index (χ1n) is 6.72. The molecule has 0 saturated carbocycles. The normalized spacial score (nSPS) is 21.6. The van der Waals surface area contributed by atoms with Crippen molar-refractivity contribution in [3.63, 3.8) is 0 Å². The molecule has 1 aromatic carbocycles. The molecule has 2 atom stereocenters. The second-order valence-electron chi connectivity index (χ2n) is 5.29. The molecule has 1 aromatic rings. The lowest BCUT2D eigenvalue weighted by Gasteiger charge is -2.30. The molecule has 0 spiro atoms. The molecule has 3 heteroatoms. The Bertz CT molecular complexity index is 371. The highest BCUT2D eigenvalue weighted by Gasteiger charge is 2.26. The second kappa shape index (κ2) is 6.31. The van der Waals surface area contributed by atoms with E-state index in [0.717, 1.165) is 25.3 Å². The van der Waals surface area contributed by atoms with Gasteiger partial charge in [-0.05, 0) is 37.8 Å². The predicted molar refractivity (Wildman–Crippen MR) is 81.8 cm³/mol. The van der Waals surface area contributed by atoms with Crippen molar-refractivity contribution >= 4 is 23.4 Å². The van der Waals surface area contributed by atoms with Crippen LogP contribution in [0.4, 0.5) is 0 Å². The molecule has 1 nitrogen and oxygen atoms in total. The van der Waals surface area contributed by atoms with Gasteiger partial charge in [0, 0.05) is 28.1 Å². The van der Waals surface area contributed by atoms with Crippen LogP contribution in [0.1, 0.15) is 32.3 Å². The molecule has 1 aliphatic heterocycles. The van der Waals surface area contributed by atoms with Crippen molar-refractivity contribution in [2.45, 2.75) is 48.8 Å². The summed E-state index contributed by atoms with van der Waals surface area (Å²) < 4.78 is 0. The number of rotatable bonds is 6. The first kappa shape index (κ1) is 14.2. The molecule has 1 N–H and O–H groups in total. The molecule has 0 aliphatic carbocycles. The van der Waals surface area contributed by atoms with E-state index in [4.69, 9.17) is 11.6 Å². The number of thioether (sulfide) groups is 1. The van der Waals surface area contributed by atoms with Crippen LogP contribution in [-0.4, -0.2) is 23.2 Å². The van der Waals surface area contributed by atoms with Gasteiger partial charge in [0.2, 0.25) is 0 Å². The molecule has 0 aromatic heterocycles. The average Bonchev–Trinajstić information content (AvgIpc) is 2.79. The Kier molecular flexibility index (Phi) is 4.99. The Morgan fingerprint density at radius 3 is 2.89 bits per heavy atom. The van der Waals surface area contributed by atoms with Crippen LogP contribution in [-0.2, 0) is 6.42 Å². The number of nitrogens with one attached hydrogen (secondary N) is 1. The Hall–Kier alpha value is -0.180. The van der Waals surface area contributed by atoms with Crippen LogP contribution in [0, 0.1) is 0 Å². The molecule has 100 valence electrons. The van der Waals surface area contributed by atoms with E-state index in [2.05, 4.69) is 43.4 Å². The fourth-order valence-electron chi connectivity index (χ4n) is 2.33. The zero-order valence-electron chi connectivity index (χ0n) is 11.2. The first-order chi connectivity index (χ1) is 8.67. The second-order valence-corrected chi connectivity index (χ2v) is 7.01. The van der Waals surface area contributed by atoms with Crippen LogP contribution in [0.2, 0.25) is 0 Å². The third-order valence-corrected chi connectivity index (χ3v) is 5.40. The van der Waals surface area contributed by atoms with E-state index in [0.29, 0.717) is 5.25 Å². The number of benzene rings is 1. The predicted octanol–water partition coefficient (Wildman–Crippen LogP) is 4.09. The standard InChI is InChI=1S/C15H22ClNS/c1-3-15(2,8-9-16)17-11-13-10-12-6-4-5-7-14(12)18-13/h4-7,13,17H,3,8-11H2,1-2H3. The minimum absolute atomic E-state index is 0.192. The van der Waals surface area contributed by atoms with Gasteiger partial charge in [-0.1, -0.05) is 25.1 Å². The number of fused-ring (bicyclic) bond motifs is 1. The van der Waals surface area contributed by atoms with E-state index in [1.165, 1.54) is 16.9 Å². The molecule has 0 saturated heterocycles. The van der Waals surface area contributed by atoms with E-state index in [1.54, 1.807) is 0 Å². The van der Waals surface area contributed by atoms with Crippen molar-refractivity contribution in [3.8, 4) is 0 Å². The van der Waals surface area contributed by atoms with E-state index in [9.17, 15) is 0 Å². The summed E-state index contributed by atoms with van der Waals surface area (Å²) >= 11 is 7.90. The van der Waals surface area contributed by atoms with Crippen molar-refractivity contribution in [2.75, 3.05) is 12.4 Å². The Labute approximate surface area is 120 Å². The fraction of sp³-hybridized carbons (Fsp3) is 0.600. The third kappa shape index (κ3) is 3.43. The fourth-order valence-corrected chi connectivity index (χ4v) is 3.99. The Balaban J connectivity index is 1.86. The van der Waals surface area contributed by atoms with Crippen molar-refractivity contribution in [1.82, 2.24) is 5.32 Å². The molecule has 1 heterocycles. The molecular formula is C15H22ClNS. The van der Waals surface area contributed by atoms with E-state index < -0.39 is 0 Å². The monoisotopic (exact) mass is 283 g/mol. The van der Waals surface area contributed by atoms with E-state index >= 15 is 0 Å². The summed E-state index contributed by atoms with van der Waals surface area (Å²) in [6, 6.07) is 8.75. The van der Waals surface area contributed by atoms with Crippen molar-refractivity contribution in [3.05, 3.63) is 29.8 Å². The highest BCUT2D eigenvalue weighted by atomic mass is 35.5. The number of hydrogen-bond acceptors (Lipinski definition) is 2. The highest BCUT2D eigenvalue weighted by Crippen LogP contribution is 2.36. The van der Waals surface area contributed by atoms with Gasteiger partial charge in [-0.15, -0.1) is 23.4 Å². The zero-order valence-corrected chi connectivity index (χ0v) is 12.8. The van der Waals surface area contributed by atoms with Gasteiger partial charge in [0.25, 0.3) is 0 Å². The molecule has 2 rings (SSSR count). The number of hydrogen-bond donors (Lipinski definition) is 1. The van der Waals surface area contributed by atoms with Gasteiger partial charge < -0.3 is 5.32 Å². The third-order valence-electron chi connectivity index (χ3n) is 3.90. The SMILES string of the molecule is CCC(C)(CCCl)NCC1Cc2ccccc2S1. The molecule has 0 amide bonds. The van der Waals surface area contributed by atoms with Gasteiger partial charge in [0.1, 0.15) is 0 Å². The summed E-state index contributed by atoms with van der Waals surface area (Å²) in [7, 11) is 0.